The number of benzene rings is 2. The SMILES string of the molecule is C=C/C(=C\C=C(/C)C(F)(F)F)C1(C)CCN(C(=O)c2ccc(-c3ccc(F)cc3)cc2)CC1. The standard InChI is InChI=1S/C27H27F4NO/c1-4-23(12-5-19(2)27(29,30)31)26(3)15-17-32(18-16-26)25(33)22-8-6-20(7-9-22)21-10-13-24(28)14-11-21/h4-14H,1,15-18H2,2-3H3/b19-5+,23-12+. The van der Waals surface area contributed by atoms with E-state index in [4.69, 9.17) is 0 Å². The average molecular weight is 458 g/mol. The molecule has 174 valence electrons. The van der Waals surface area contributed by atoms with Crippen LogP contribution in [0, 0.1) is 11.2 Å². The smallest absolute Gasteiger partial charge is 0.339 e. The molecule has 0 atom stereocenters. The first kappa shape index (κ1) is 24.5. The number of rotatable bonds is 5. The highest BCUT2D eigenvalue weighted by atomic mass is 19.4. The van der Waals surface area contributed by atoms with Crippen molar-refractivity contribution < 1.29 is 22.4 Å². The molecule has 3 rings (SSSR count). The number of piperidine rings is 1. The van der Waals surface area contributed by atoms with E-state index in [1.807, 2.05) is 19.1 Å². The van der Waals surface area contributed by atoms with E-state index in [0.717, 1.165) is 29.7 Å². The topological polar surface area (TPSA) is 20.3 Å². The number of nitrogens with zero attached hydrogens (tertiary/aromatic N) is 1. The molecule has 0 unspecified atom stereocenters. The van der Waals surface area contributed by atoms with Gasteiger partial charge in [0.15, 0.2) is 0 Å². The third-order valence-electron chi connectivity index (χ3n) is 6.34. The largest absolute Gasteiger partial charge is 0.412 e. The number of hydrogen-bond acceptors (Lipinski definition) is 1. The molecule has 6 heteroatoms. The number of hydrogen-bond donors (Lipinski definition) is 0. The molecule has 2 nitrogen and oxygen atoms in total. The summed E-state index contributed by atoms with van der Waals surface area (Å²) in [4.78, 5) is 14.7. The first-order chi connectivity index (χ1) is 15.5. The van der Waals surface area contributed by atoms with Crippen LogP contribution < -0.4 is 0 Å². The molecule has 0 saturated carbocycles. The molecular formula is C27H27F4NO. The van der Waals surface area contributed by atoms with Gasteiger partial charge in [-0.25, -0.2) is 4.39 Å². The Morgan fingerprint density at radius 1 is 0.970 bits per heavy atom. The van der Waals surface area contributed by atoms with Crippen LogP contribution in [0.25, 0.3) is 11.1 Å². The van der Waals surface area contributed by atoms with Crippen molar-refractivity contribution in [2.24, 2.45) is 5.41 Å². The molecule has 0 bridgehead atoms. The van der Waals surface area contributed by atoms with E-state index in [1.54, 1.807) is 35.2 Å². The molecule has 1 heterocycles. The Kier molecular flexibility index (Phi) is 7.25. The first-order valence-corrected chi connectivity index (χ1v) is 10.8. The van der Waals surface area contributed by atoms with Gasteiger partial charge in [-0.1, -0.05) is 56.0 Å². The summed E-state index contributed by atoms with van der Waals surface area (Å²) in [5.41, 5.74) is 2.04. The number of likely N-dealkylation sites (tertiary alicyclic amines) is 1. The van der Waals surface area contributed by atoms with Gasteiger partial charge < -0.3 is 4.90 Å². The lowest BCUT2D eigenvalue weighted by atomic mass is 9.73. The van der Waals surface area contributed by atoms with Crippen LogP contribution in [-0.4, -0.2) is 30.1 Å². The predicted molar refractivity (Wildman–Crippen MR) is 123 cm³/mol. The molecule has 1 amide bonds. The van der Waals surface area contributed by atoms with Crippen molar-refractivity contribution in [1.82, 2.24) is 4.90 Å². The Bertz CT molecular complexity index is 1050. The van der Waals surface area contributed by atoms with Gasteiger partial charge in [0.2, 0.25) is 0 Å². The van der Waals surface area contributed by atoms with Crippen molar-refractivity contribution in [2.75, 3.05) is 13.1 Å². The molecule has 33 heavy (non-hydrogen) atoms. The maximum absolute atomic E-state index is 13.1. The third-order valence-corrected chi connectivity index (χ3v) is 6.34. The van der Waals surface area contributed by atoms with Crippen molar-refractivity contribution in [3.05, 3.63) is 95.9 Å². The molecule has 1 saturated heterocycles. The van der Waals surface area contributed by atoms with Crippen molar-refractivity contribution in [1.29, 1.82) is 0 Å². The highest BCUT2D eigenvalue weighted by Gasteiger charge is 2.34. The minimum atomic E-state index is -4.36. The molecule has 0 aromatic heterocycles. The number of alkyl halides is 3. The minimum absolute atomic E-state index is 0.0837. The summed E-state index contributed by atoms with van der Waals surface area (Å²) in [6, 6.07) is 13.4. The molecule has 1 fully saturated rings. The maximum Gasteiger partial charge on any atom is 0.412 e. The van der Waals surface area contributed by atoms with Crippen molar-refractivity contribution in [3.63, 3.8) is 0 Å². The van der Waals surface area contributed by atoms with Crippen molar-refractivity contribution >= 4 is 5.91 Å². The second kappa shape index (κ2) is 9.77. The summed E-state index contributed by atoms with van der Waals surface area (Å²) >= 11 is 0. The van der Waals surface area contributed by atoms with Gasteiger partial charge in [0, 0.05) is 24.2 Å². The van der Waals surface area contributed by atoms with Gasteiger partial charge in [0.05, 0.1) is 0 Å². The highest BCUT2D eigenvalue weighted by Crippen LogP contribution is 2.39. The quantitative estimate of drug-likeness (QED) is 0.339. The Labute approximate surface area is 191 Å². The van der Waals surface area contributed by atoms with Crippen LogP contribution in [0.1, 0.15) is 37.0 Å². The van der Waals surface area contributed by atoms with Crippen LogP contribution in [0.2, 0.25) is 0 Å². The number of allylic oxidation sites excluding steroid dienone is 5. The van der Waals surface area contributed by atoms with Gasteiger partial charge in [-0.3, -0.25) is 4.79 Å². The number of halogens is 4. The Balaban J connectivity index is 1.67. The predicted octanol–water partition coefficient (Wildman–Crippen LogP) is 7.36. The van der Waals surface area contributed by atoms with E-state index >= 15 is 0 Å². The van der Waals surface area contributed by atoms with E-state index in [1.165, 1.54) is 18.2 Å². The lowest BCUT2D eigenvalue weighted by Crippen LogP contribution is -2.42. The Morgan fingerprint density at radius 2 is 1.48 bits per heavy atom. The monoisotopic (exact) mass is 457 g/mol. The molecule has 0 spiro atoms. The minimum Gasteiger partial charge on any atom is -0.339 e. The first-order valence-electron chi connectivity index (χ1n) is 10.8. The fraction of sp³-hybridized carbons (Fsp3) is 0.296. The lowest BCUT2D eigenvalue weighted by Gasteiger charge is -2.40. The summed E-state index contributed by atoms with van der Waals surface area (Å²) in [5.74, 6) is -0.386. The van der Waals surface area contributed by atoms with Crippen LogP contribution in [0.3, 0.4) is 0 Å². The van der Waals surface area contributed by atoms with E-state index in [2.05, 4.69) is 6.58 Å². The van der Waals surface area contributed by atoms with Crippen LogP contribution in [0.4, 0.5) is 17.6 Å². The lowest BCUT2D eigenvalue weighted by molar-refractivity contribution is -0.0913. The Hall–Kier alpha value is -3.15. The van der Waals surface area contributed by atoms with Gasteiger partial charge >= 0.3 is 6.18 Å². The average Bonchev–Trinajstić information content (AvgIpc) is 2.79. The van der Waals surface area contributed by atoms with Crippen LogP contribution in [0.5, 0.6) is 0 Å². The molecule has 0 radical (unpaired) electrons. The number of amides is 1. The van der Waals surface area contributed by atoms with Crippen molar-refractivity contribution in [3.8, 4) is 11.1 Å². The zero-order valence-corrected chi connectivity index (χ0v) is 18.8. The van der Waals surface area contributed by atoms with Gasteiger partial charge in [-0.05, 0) is 66.1 Å². The van der Waals surface area contributed by atoms with E-state index in [9.17, 15) is 22.4 Å². The summed E-state index contributed by atoms with van der Waals surface area (Å²) in [5, 5.41) is 0. The third kappa shape index (κ3) is 5.81. The van der Waals surface area contributed by atoms with Crippen LogP contribution in [0.15, 0.2) is 84.5 Å². The highest BCUT2D eigenvalue weighted by molar-refractivity contribution is 5.94. The van der Waals surface area contributed by atoms with Crippen molar-refractivity contribution in [2.45, 2.75) is 32.9 Å². The molecule has 1 aliphatic heterocycles. The maximum atomic E-state index is 13.1. The molecule has 2 aromatic rings. The summed E-state index contributed by atoms with van der Waals surface area (Å²) in [6.07, 6.45) is 1.08. The molecule has 0 aliphatic carbocycles. The van der Waals surface area contributed by atoms with Gasteiger partial charge in [-0.2, -0.15) is 13.2 Å². The number of carbonyl (C=O) groups excluding carboxylic acids is 1. The molecule has 2 aromatic carbocycles. The van der Waals surface area contributed by atoms with Gasteiger partial charge in [0.1, 0.15) is 5.82 Å². The molecule has 0 N–H and O–H groups in total. The van der Waals surface area contributed by atoms with Crippen LogP contribution >= 0.6 is 0 Å². The van der Waals surface area contributed by atoms with Crippen LogP contribution in [-0.2, 0) is 0 Å². The molecule has 1 aliphatic rings. The van der Waals surface area contributed by atoms with Gasteiger partial charge in [-0.15, -0.1) is 0 Å². The Morgan fingerprint density at radius 3 is 1.97 bits per heavy atom. The van der Waals surface area contributed by atoms with E-state index < -0.39 is 11.7 Å². The summed E-state index contributed by atoms with van der Waals surface area (Å²) < 4.78 is 51.5. The second-order valence-electron chi connectivity index (χ2n) is 8.61. The fourth-order valence-corrected chi connectivity index (χ4v) is 3.95. The zero-order valence-electron chi connectivity index (χ0n) is 18.8. The zero-order chi connectivity index (χ0) is 24.2. The summed E-state index contributed by atoms with van der Waals surface area (Å²) in [6.45, 7) is 7.83. The fourth-order valence-electron chi connectivity index (χ4n) is 3.95. The number of carbonyl (C=O) groups is 1. The second-order valence-corrected chi connectivity index (χ2v) is 8.61. The van der Waals surface area contributed by atoms with E-state index in [-0.39, 0.29) is 17.1 Å². The molecular weight excluding hydrogens is 430 g/mol. The summed E-state index contributed by atoms with van der Waals surface area (Å²) in [7, 11) is 0. The normalized spacial score (nSPS) is 17.1. The van der Waals surface area contributed by atoms with E-state index in [0.29, 0.717) is 31.5 Å². The van der Waals surface area contributed by atoms with Gasteiger partial charge in [0.25, 0.3) is 5.91 Å².